The smallest absolute Gasteiger partial charge is 0.124 e. The van der Waals surface area contributed by atoms with E-state index in [2.05, 4.69) is 62.4 Å². The van der Waals surface area contributed by atoms with Crippen LogP contribution in [0.15, 0.2) is 60.7 Å². The third-order valence-electron chi connectivity index (χ3n) is 4.31. The van der Waals surface area contributed by atoms with Gasteiger partial charge in [0.15, 0.2) is 0 Å². The molecule has 2 nitrogen and oxygen atoms in total. The molecule has 0 saturated carbocycles. The summed E-state index contributed by atoms with van der Waals surface area (Å²) in [7, 11) is 3.40. The van der Waals surface area contributed by atoms with Gasteiger partial charge in [-0.3, -0.25) is 0 Å². The maximum atomic E-state index is 5.45. The van der Waals surface area contributed by atoms with Gasteiger partial charge in [0.1, 0.15) is 11.5 Å². The lowest BCUT2D eigenvalue weighted by Gasteiger charge is -2.12. The Morgan fingerprint density at radius 3 is 1.38 bits per heavy atom. The standard InChI is InChI=1S/C22H22O2/c1-15-13-20(14-16(2)22(15)24-4)19-7-5-17(6-8-19)18-9-11-21(23-3)12-10-18/h5-14H,1-4H3. The molecule has 0 saturated heterocycles. The average molecular weight is 318 g/mol. The molecule has 0 atom stereocenters. The lowest BCUT2D eigenvalue weighted by atomic mass is 9.97. The normalized spacial score (nSPS) is 10.5. The molecule has 0 unspecified atom stereocenters. The minimum Gasteiger partial charge on any atom is -0.497 e. The van der Waals surface area contributed by atoms with Crippen LogP contribution in [0.5, 0.6) is 11.5 Å². The number of rotatable bonds is 4. The van der Waals surface area contributed by atoms with Crippen molar-refractivity contribution in [2.24, 2.45) is 0 Å². The Labute approximate surface area is 143 Å². The van der Waals surface area contributed by atoms with Crippen LogP contribution in [0.4, 0.5) is 0 Å². The van der Waals surface area contributed by atoms with Crippen molar-refractivity contribution in [1.82, 2.24) is 0 Å². The van der Waals surface area contributed by atoms with Crippen LogP contribution in [0, 0.1) is 13.8 Å². The third kappa shape index (κ3) is 3.13. The van der Waals surface area contributed by atoms with Crippen LogP contribution in [0.25, 0.3) is 22.3 Å². The first-order valence-corrected chi connectivity index (χ1v) is 8.02. The van der Waals surface area contributed by atoms with Crippen LogP contribution in [-0.2, 0) is 0 Å². The van der Waals surface area contributed by atoms with Crippen molar-refractivity contribution in [3.8, 4) is 33.8 Å². The molecule has 3 aromatic carbocycles. The van der Waals surface area contributed by atoms with E-state index in [-0.39, 0.29) is 0 Å². The number of hydrogen-bond donors (Lipinski definition) is 0. The summed E-state index contributed by atoms with van der Waals surface area (Å²) in [6.45, 7) is 4.17. The molecule has 122 valence electrons. The largest absolute Gasteiger partial charge is 0.497 e. The van der Waals surface area contributed by atoms with E-state index in [0.717, 1.165) is 22.6 Å². The Morgan fingerprint density at radius 2 is 0.958 bits per heavy atom. The molecule has 3 rings (SSSR count). The highest BCUT2D eigenvalue weighted by molar-refractivity contribution is 5.72. The zero-order chi connectivity index (χ0) is 17.1. The van der Waals surface area contributed by atoms with E-state index < -0.39 is 0 Å². The third-order valence-corrected chi connectivity index (χ3v) is 4.31. The Kier molecular flexibility index (Phi) is 4.57. The number of hydrogen-bond acceptors (Lipinski definition) is 2. The van der Waals surface area contributed by atoms with E-state index in [1.165, 1.54) is 22.3 Å². The zero-order valence-corrected chi connectivity index (χ0v) is 14.6. The maximum Gasteiger partial charge on any atom is 0.124 e. The predicted octanol–water partition coefficient (Wildman–Crippen LogP) is 5.65. The summed E-state index contributed by atoms with van der Waals surface area (Å²) in [5.41, 5.74) is 7.12. The molecule has 3 aromatic rings. The molecule has 2 heteroatoms. The van der Waals surface area contributed by atoms with Gasteiger partial charge in [-0.05, 0) is 71.5 Å². The second-order valence-corrected chi connectivity index (χ2v) is 5.95. The van der Waals surface area contributed by atoms with Gasteiger partial charge in [0.05, 0.1) is 14.2 Å². The van der Waals surface area contributed by atoms with Gasteiger partial charge in [0.25, 0.3) is 0 Å². The number of methoxy groups -OCH3 is 2. The van der Waals surface area contributed by atoms with Crippen molar-refractivity contribution in [2.45, 2.75) is 13.8 Å². The highest BCUT2D eigenvalue weighted by atomic mass is 16.5. The molecule has 0 aromatic heterocycles. The van der Waals surface area contributed by atoms with E-state index in [0.29, 0.717) is 0 Å². The Hall–Kier alpha value is -2.74. The molecular formula is C22H22O2. The fraction of sp³-hybridized carbons (Fsp3) is 0.182. The molecule has 24 heavy (non-hydrogen) atoms. The van der Waals surface area contributed by atoms with Gasteiger partial charge in [-0.2, -0.15) is 0 Å². The highest BCUT2D eigenvalue weighted by Crippen LogP contribution is 2.31. The molecule has 0 radical (unpaired) electrons. The van der Waals surface area contributed by atoms with Crippen LogP contribution in [0.3, 0.4) is 0 Å². The lowest BCUT2D eigenvalue weighted by molar-refractivity contribution is 0.408. The molecular weight excluding hydrogens is 296 g/mol. The topological polar surface area (TPSA) is 18.5 Å². The number of benzene rings is 3. The van der Waals surface area contributed by atoms with E-state index in [4.69, 9.17) is 9.47 Å². The van der Waals surface area contributed by atoms with Crippen molar-refractivity contribution in [3.63, 3.8) is 0 Å². The van der Waals surface area contributed by atoms with Gasteiger partial charge in [0.2, 0.25) is 0 Å². The Balaban J connectivity index is 1.91. The summed E-state index contributed by atoms with van der Waals surface area (Å²) in [6, 6.07) is 21.1. The highest BCUT2D eigenvalue weighted by Gasteiger charge is 2.07. The SMILES string of the molecule is COc1ccc(-c2ccc(-c3cc(C)c(OC)c(C)c3)cc2)cc1. The summed E-state index contributed by atoms with van der Waals surface area (Å²) in [6.07, 6.45) is 0. The fourth-order valence-electron chi connectivity index (χ4n) is 3.08. The minimum atomic E-state index is 0.875. The lowest BCUT2D eigenvalue weighted by Crippen LogP contribution is -1.92. The predicted molar refractivity (Wildman–Crippen MR) is 99.9 cm³/mol. The minimum absolute atomic E-state index is 0.875. The molecule has 0 bridgehead atoms. The van der Waals surface area contributed by atoms with Gasteiger partial charge in [0, 0.05) is 0 Å². The van der Waals surface area contributed by atoms with E-state index in [1.807, 2.05) is 12.1 Å². The first-order valence-electron chi connectivity index (χ1n) is 8.02. The molecule has 0 aliphatic rings. The van der Waals surface area contributed by atoms with Crippen molar-refractivity contribution in [2.75, 3.05) is 14.2 Å². The number of aryl methyl sites for hydroxylation is 2. The fourth-order valence-corrected chi connectivity index (χ4v) is 3.08. The zero-order valence-electron chi connectivity index (χ0n) is 14.6. The van der Waals surface area contributed by atoms with Gasteiger partial charge < -0.3 is 9.47 Å². The van der Waals surface area contributed by atoms with Crippen LogP contribution in [0.1, 0.15) is 11.1 Å². The summed E-state index contributed by atoms with van der Waals surface area (Å²) >= 11 is 0. The van der Waals surface area contributed by atoms with Crippen molar-refractivity contribution in [3.05, 3.63) is 71.8 Å². The first kappa shape index (κ1) is 16.1. The molecule has 0 aliphatic heterocycles. The molecule has 0 aliphatic carbocycles. The summed E-state index contributed by atoms with van der Waals surface area (Å²) in [5.74, 6) is 1.84. The molecule has 0 spiro atoms. The van der Waals surface area contributed by atoms with Crippen LogP contribution in [-0.4, -0.2) is 14.2 Å². The van der Waals surface area contributed by atoms with Gasteiger partial charge in [-0.15, -0.1) is 0 Å². The van der Waals surface area contributed by atoms with Gasteiger partial charge in [-0.1, -0.05) is 36.4 Å². The molecule has 0 heterocycles. The number of ether oxygens (including phenoxy) is 2. The molecule has 0 fully saturated rings. The first-order chi connectivity index (χ1) is 11.6. The van der Waals surface area contributed by atoms with Crippen molar-refractivity contribution < 1.29 is 9.47 Å². The van der Waals surface area contributed by atoms with Crippen LogP contribution < -0.4 is 9.47 Å². The van der Waals surface area contributed by atoms with E-state index in [1.54, 1.807) is 14.2 Å². The average Bonchev–Trinajstić information content (AvgIpc) is 2.62. The quantitative estimate of drug-likeness (QED) is 0.618. The second kappa shape index (κ2) is 6.79. The van der Waals surface area contributed by atoms with Gasteiger partial charge >= 0.3 is 0 Å². The van der Waals surface area contributed by atoms with E-state index in [9.17, 15) is 0 Å². The van der Waals surface area contributed by atoms with Gasteiger partial charge in [-0.25, -0.2) is 0 Å². The van der Waals surface area contributed by atoms with E-state index >= 15 is 0 Å². The van der Waals surface area contributed by atoms with Crippen molar-refractivity contribution in [1.29, 1.82) is 0 Å². The Morgan fingerprint density at radius 1 is 0.542 bits per heavy atom. The van der Waals surface area contributed by atoms with Crippen LogP contribution >= 0.6 is 0 Å². The molecule has 0 N–H and O–H groups in total. The summed E-state index contributed by atoms with van der Waals surface area (Å²) in [4.78, 5) is 0. The monoisotopic (exact) mass is 318 g/mol. The van der Waals surface area contributed by atoms with Crippen molar-refractivity contribution >= 4 is 0 Å². The summed E-state index contributed by atoms with van der Waals surface area (Å²) in [5, 5.41) is 0. The van der Waals surface area contributed by atoms with Crippen LogP contribution in [0.2, 0.25) is 0 Å². The summed E-state index contributed by atoms with van der Waals surface area (Å²) < 4.78 is 10.7. The second-order valence-electron chi connectivity index (χ2n) is 5.95. The maximum absolute atomic E-state index is 5.45. The molecule has 0 amide bonds. The Bertz CT molecular complexity index is 808.